The van der Waals surface area contributed by atoms with E-state index in [1.165, 1.54) is 20.3 Å². The van der Waals surface area contributed by atoms with Gasteiger partial charge in [-0.1, -0.05) is 0 Å². The van der Waals surface area contributed by atoms with E-state index in [0.29, 0.717) is 11.4 Å². The quantitative estimate of drug-likeness (QED) is 0.588. The van der Waals surface area contributed by atoms with E-state index in [0.717, 1.165) is 0 Å². The molecule has 1 atom stereocenters. The van der Waals surface area contributed by atoms with Crippen molar-refractivity contribution in [2.24, 2.45) is 0 Å². The lowest BCUT2D eigenvalue weighted by Crippen LogP contribution is -2.32. The maximum Gasteiger partial charge on any atom is 0.296 e. The fraction of sp³-hybridized carbons (Fsp3) is 0.500. The second kappa shape index (κ2) is 6.91. The van der Waals surface area contributed by atoms with Crippen molar-refractivity contribution in [3.63, 3.8) is 0 Å². The largest absolute Gasteiger partial charge is 0.496 e. The number of ether oxygens (including phenoxy) is 2. The number of nitro groups is 1. The summed E-state index contributed by atoms with van der Waals surface area (Å²) >= 11 is 0. The van der Waals surface area contributed by atoms with Crippen molar-refractivity contribution in [3.05, 3.63) is 28.3 Å². The number of anilines is 1. The van der Waals surface area contributed by atoms with Crippen LogP contribution < -0.4 is 9.64 Å². The number of hydrogen-bond acceptors (Lipinski definition) is 6. The molecule has 0 aliphatic carbocycles. The molecule has 0 heterocycles. The minimum Gasteiger partial charge on any atom is -0.496 e. The Balaban J connectivity index is 2.95. The van der Waals surface area contributed by atoms with Crippen LogP contribution in [0.5, 0.6) is 5.75 Å². The Hall–Kier alpha value is -1.86. The number of nitro benzene ring substituents is 1. The van der Waals surface area contributed by atoms with E-state index < -0.39 is 11.0 Å². The van der Waals surface area contributed by atoms with Gasteiger partial charge in [0.1, 0.15) is 11.4 Å². The number of methoxy groups -OCH3 is 2. The highest BCUT2D eigenvalue weighted by atomic mass is 16.6. The van der Waals surface area contributed by atoms with Gasteiger partial charge in [-0.2, -0.15) is 0 Å². The van der Waals surface area contributed by atoms with Crippen LogP contribution in [0.15, 0.2) is 18.2 Å². The van der Waals surface area contributed by atoms with Crippen molar-refractivity contribution in [1.29, 1.82) is 0 Å². The van der Waals surface area contributed by atoms with Crippen molar-refractivity contribution in [2.45, 2.75) is 6.10 Å². The molecule has 7 heteroatoms. The van der Waals surface area contributed by atoms with Crippen LogP contribution in [0.2, 0.25) is 0 Å². The lowest BCUT2D eigenvalue weighted by atomic mass is 10.2. The van der Waals surface area contributed by atoms with Crippen LogP contribution in [0.4, 0.5) is 11.4 Å². The highest BCUT2D eigenvalue weighted by Gasteiger charge is 2.20. The van der Waals surface area contributed by atoms with Gasteiger partial charge in [0, 0.05) is 20.7 Å². The van der Waals surface area contributed by atoms with Crippen LogP contribution in [-0.2, 0) is 4.74 Å². The summed E-state index contributed by atoms with van der Waals surface area (Å²) in [6.07, 6.45) is -0.711. The summed E-state index contributed by atoms with van der Waals surface area (Å²) < 4.78 is 9.79. The van der Waals surface area contributed by atoms with Crippen molar-refractivity contribution in [2.75, 3.05) is 39.3 Å². The van der Waals surface area contributed by atoms with Crippen LogP contribution in [-0.4, -0.2) is 50.6 Å². The topological polar surface area (TPSA) is 85.1 Å². The molecule has 19 heavy (non-hydrogen) atoms. The summed E-state index contributed by atoms with van der Waals surface area (Å²) in [4.78, 5) is 12.2. The molecule has 0 aliphatic heterocycles. The van der Waals surface area contributed by atoms with Gasteiger partial charge in [-0.25, -0.2) is 0 Å². The van der Waals surface area contributed by atoms with Gasteiger partial charge in [-0.15, -0.1) is 0 Å². The third kappa shape index (κ3) is 4.08. The minimum atomic E-state index is -0.711. The van der Waals surface area contributed by atoms with Gasteiger partial charge in [-0.05, 0) is 12.1 Å². The minimum absolute atomic E-state index is 0.0635. The van der Waals surface area contributed by atoms with Gasteiger partial charge >= 0.3 is 0 Å². The van der Waals surface area contributed by atoms with Gasteiger partial charge in [0.15, 0.2) is 0 Å². The standard InChI is InChI=1S/C12H18N2O5/c1-13(7-9(15)8-18-2)11-5-4-10(19-3)6-12(11)14(16)17/h4-6,9,15H,7-8H2,1-3H3. The molecule has 1 N–H and O–H groups in total. The van der Waals surface area contributed by atoms with E-state index in [4.69, 9.17) is 9.47 Å². The molecule has 0 saturated carbocycles. The van der Waals surface area contributed by atoms with Crippen LogP contribution >= 0.6 is 0 Å². The molecule has 0 fully saturated rings. The number of nitrogens with zero attached hydrogens (tertiary/aromatic N) is 2. The Labute approximate surface area is 111 Å². The molecule has 0 saturated heterocycles. The molecule has 7 nitrogen and oxygen atoms in total. The monoisotopic (exact) mass is 270 g/mol. The van der Waals surface area contributed by atoms with Crippen molar-refractivity contribution in [1.82, 2.24) is 0 Å². The first-order chi connectivity index (χ1) is 8.99. The van der Waals surface area contributed by atoms with Crippen LogP contribution in [0.3, 0.4) is 0 Å². The zero-order valence-electron chi connectivity index (χ0n) is 11.2. The molecule has 1 rings (SSSR count). The molecule has 106 valence electrons. The second-order valence-electron chi connectivity index (χ2n) is 4.10. The van der Waals surface area contributed by atoms with Crippen LogP contribution in [0, 0.1) is 10.1 Å². The normalized spacial score (nSPS) is 12.0. The van der Waals surface area contributed by atoms with Crippen LogP contribution in [0.25, 0.3) is 0 Å². The van der Waals surface area contributed by atoms with Gasteiger partial charge in [0.05, 0.1) is 30.8 Å². The molecule has 0 bridgehead atoms. The molecule has 0 aliphatic rings. The first kappa shape index (κ1) is 15.2. The molecule has 1 unspecified atom stereocenters. The molecular formula is C12H18N2O5. The van der Waals surface area contributed by atoms with Crippen molar-refractivity contribution < 1.29 is 19.5 Å². The van der Waals surface area contributed by atoms with Crippen molar-refractivity contribution in [3.8, 4) is 5.75 Å². The summed E-state index contributed by atoms with van der Waals surface area (Å²) in [6, 6.07) is 4.59. The Morgan fingerprint density at radius 2 is 2.16 bits per heavy atom. The Kier molecular flexibility index (Phi) is 5.53. The molecule has 0 spiro atoms. The van der Waals surface area contributed by atoms with Gasteiger partial charge in [-0.3, -0.25) is 10.1 Å². The van der Waals surface area contributed by atoms with E-state index in [1.54, 1.807) is 24.1 Å². The summed E-state index contributed by atoms with van der Waals surface area (Å²) in [6.45, 7) is 0.412. The van der Waals surface area contributed by atoms with E-state index in [9.17, 15) is 15.2 Å². The van der Waals surface area contributed by atoms with Gasteiger partial charge in [0.25, 0.3) is 5.69 Å². The van der Waals surface area contributed by atoms with E-state index in [-0.39, 0.29) is 18.8 Å². The first-order valence-corrected chi connectivity index (χ1v) is 5.70. The fourth-order valence-electron chi connectivity index (χ4n) is 1.76. The summed E-state index contributed by atoms with van der Waals surface area (Å²) in [5.41, 5.74) is 0.354. The van der Waals surface area contributed by atoms with Gasteiger partial charge in [0.2, 0.25) is 0 Å². The first-order valence-electron chi connectivity index (χ1n) is 5.70. The maximum absolute atomic E-state index is 11.0. The number of hydrogen-bond donors (Lipinski definition) is 1. The predicted molar refractivity (Wildman–Crippen MR) is 70.8 cm³/mol. The summed E-state index contributed by atoms with van der Waals surface area (Å²) in [5.74, 6) is 0.418. The van der Waals surface area contributed by atoms with E-state index in [1.807, 2.05) is 0 Å². The Morgan fingerprint density at radius 1 is 1.47 bits per heavy atom. The third-order valence-electron chi connectivity index (χ3n) is 2.63. The van der Waals surface area contributed by atoms with Gasteiger partial charge < -0.3 is 19.5 Å². The highest BCUT2D eigenvalue weighted by Crippen LogP contribution is 2.31. The third-order valence-corrected chi connectivity index (χ3v) is 2.63. The highest BCUT2D eigenvalue weighted by molar-refractivity contribution is 5.65. The predicted octanol–water partition coefficient (Wildman–Crippen LogP) is 1.05. The molecule has 1 aromatic carbocycles. The number of aliphatic hydroxyl groups is 1. The summed E-state index contributed by atoms with van der Waals surface area (Å²) in [7, 11) is 4.61. The average molecular weight is 270 g/mol. The Bertz CT molecular complexity index is 438. The van der Waals surface area contributed by atoms with Crippen molar-refractivity contribution >= 4 is 11.4 Å². The Morgan fingerprint density at radius 3 is 2.68 bits per heavy atom. The lowest BCUT2D eigenvalue weighted by Gasteiger charge is -2.22. The maximum atomic E-state index is 11.0. The number of rotatable bonds is 7. The zero-order chi connectivity index (χ0) is 14.4. The molecular weight excluding hydrogens is 252 g/mol. The number of aliphatic hydroxyl groups excluding tert-OH is 1. The number of benzene rings is 1. The molecule has 0 aromatic heterocycles. The SMILES string of the molecule is COCC(O)CN(C)c1ccc(OC)cc1[N+](=O)[O-]. The van der Waals surface area contributed by atoms with E-state index in [2.05, 4.69) is 0 Å². The lowest BCUT2D eigenvalue weighted by molar-refractivity contribution is -0.384. The molecule has 0 amide bonds. The fourth-order valence-corrected chi connectivity index (χ4v) is 1.76. The summed E-state index contributed by atoms with van der Waals surface area (Å²) in [5, 5.41) is 20.7. The zero-order valence-corrected chi connectivity index (χ0v) is 11.2. The molecule has 0 radical (unpaired) electrons. The second-order valence-corrected chi connectivity index (χ2v) is 4.10. The number of likely N-dealkylation sites (N-methyl/N-ethyl adjacent to an activating group) is 1. The average Bonchev–Trinajstić information content (AvgIpc) is 2.38. The van der Waals surface area contributed by atoms with Crippen LogP contribution in [0.1, 0.15) is 0 Å². The van der Waals surface area contributed by atoms with E-state index >= 15 is 0 Å². The molecule has 1 aromatic rings. The smallest absolute Gasteiger partial charge is 0.296 e.